The van der Waals surface area contributed by atoms with E-state index in [9.17, 15) is 54.0 Å². The number of carbonyl (C=O) groups excluding carboxylic acids is 3. The summed E-state index contributed by atoms with van der Waals surface area (Å²) in [6.07, 6.45) is -7.94. The smallest absolute Gasteiger partial charge is 0.351 e. The average Bonchev–Trinajstić information content (AvgIpc) is 1.58. The van der Waals surface area contributed by atoms with Gasteiger partial charge in [-0.3, -0.25) is 32.7 Å². The van der Waals surface area contributed by atoms with E-state index in [4.69, 9.17) is 74.4 Å². The van der Waals surface area contributed by atoms with Gasteiger partial charge in [0, 0.05) is 37.6 Å². The van der Waals surface area contributed by atoms with Crippen molar-refractivity contribution < 1.29 is 97.8 Å². The van der Waals surface area contributed by atoms with E-state index in [-0.39, 0.29) is 128 Å². The van der Waals surface area contributed by atoms with Crippen molar-refractivity contribution in [3.8, 4) is 0 Å². The van der Waals surface area contributed by atoms with Crippen molar-refractivity contribution in [2.45, 2.75) is 351 Å². The summed E-state index contributed by atoms with van der Waals surface area (Å²) in [5.74, 6) is -0.348. The number of nitrogens with two attached hydrogens (primary N) is 2. The molecule has 15 atom stereocenters. The average molecular weight is 1780 g/mol. The molecule has 0 amide bonds. The highest BCUT2D eigenvalue weighted by atomic mass is 28.5. The van der Waals surface area contributed by atoms with E-state index in [1.807, 2.05) is 0 Å². The van der Waals surface area contributed by atoms with Crippen LogP contribution in [0.5, 0.6) is 0 Å². The van der Waals surface area contributed by atoms with Gasteiger partial charge in [-0.2, -0.15) is 19.9 Å². The van der Waals surface area contributed by atoms with Gasteiger partial charge in [0.2, 0.25) is 12.0 Å². The molecule has 0 radical (unpaired) electrons. The predicted molar refractivity (Wildman–Crippen MR) is 455 cm³/mol. The number of hydrogen-bond acceptors (Lipinski definition) is 31. The predicted octanol–water partition coefficient (Wildman–Crippen LogP) is 7.86. The number of Topliss-reactive ketones (excluding diaryl/α,β-unsaturated/α-hetero) is 3. The second-order valence-electron chi connectivity index (χ2n) is 36.0. The molecular formula is C78H134N10O25Si6. The first-order valence-electron chi connectivity index (χ1n) is 41.8. The van der Waals surface area contributed by atoms with Gasteiger partial charge in [-0.05, 0) is 105 Å². The van der Waals surface area contributed by atoms with Crippen LogP contribution in [-0.2, 0) is 85.1 Å². The number of anilines is 2. The quantitative estimate of drug-likeness (QED) is 0.0390. The third-order valence-electron chi connectivity index (χ3n) is 23.7. The Hall–Kier alpha value is -5.29. The van der Waals surface area contributed by atoms with Crippen LogP contribution in [0.25, 0.3) is 0 Å². The molecule has 7 saturated heterocycles. The fourth-order valence-electron chi connectivity index (χ4n) is 17.3. The molecule has 35 nitrogen and oxygen atoms in total. The maximum atomic E-state index is 13.6. The van der Waals surface area contributed by atoms with Gasteiger partial charge in [-0.15, -0.1) is 0 Å². The van der Waals surface area contributed by atoms with E-state index >= 15 is 0 Å². The van der Waals surface area contributed by atoms with Crippen LogP contribution in [0.4, 0.5) is 11.6 Å². The van der Waals surface area contributed by atoms with Crippen LogP contribution in [0.15, 0.2) is 68.2 Å². The lowest BCUT2D eigenvalue weighted by Gasteiger charge is -2.51. The third-order valence-corrected chi connectivity index (χ3v) is 54.4. The second-order valence-corrected chi connectivity index (χ2v) is 62.5. The third kappa shape index (κ3) is 20.5. The van der Waals surface area contributed by atoms with E-state index in [1.54, 1.807) is 12.1 Å². The largest absolute Gasteiger partial charge is 0.414 e. The van der Waals surface area contributed by atoms with E-state index in [0.29, 0.717) is 11.4 Å². The highest BCUT2D eigenvalue weighted by Crippen LogP contribution is 2.52. The number of ether oxygens (including phenoxy) is 4. The zero-order valence-electron chi connectivity index (χ0n) is 74.1. The monoisotopic (exact) mass is 1780 g/mol. The summed E-state index contributed by atoms with van der Waals surface area (Å²) in [7, 11) is -17.0. The van der Waals surface area contributed by atoms with Gasteiger partial charge in [-0.1, -0.05) is 166 Å². The van der Waals surface area contributed by atoms with E-state index < -0.39 is 173 Å². The van der Waals surface area contributed by atoms with Gasteiger partial charge in [0.25, 0.3) is 0 Å². The Kier molecular flexibility index (Phi) is 33.3. The molecule has 4 aromatic heterocycles. The number of carbonyl (C=O) groups is 3. The Morgan fingerprint density at radius 1 is 0.395 bits per heavy atom. The summed E-state index contributed by atoms with van der Waals surface area (Å²) in [6, 6.07) is 6.05. The lowest BCUT2D eigenvalue weighted by Crippen LogP contribution is -2.65. The lowest BCUT2D eigenvalue weighted by atomic mass is 10.1. The van der Waals surface area contributed by atoms with Crippen molar-refractivity contribution in [3.63, 3.8) is 0 Å². The first kappa shape index (κ1) is 99.1. The first-order valence-corrected chi connectivity index (χ1v) is 53.6. The fraction of sp³-hybridized carbons (Fsp3) is 0.756. The number of aliphatic hydroxyl groups excluding tert-OH is 5. The van der Waals surface area contributed by atoms with Gasteiger partial charge >= 0.3 is 74.1 Å². The molecule has 11 heterocycles. The van der Waals surface area contributed by atoms with E-state index in [1.165, 1.54) is 64.5 Å². The van der Waals surface area contributed by atoms with Crippen LogP contribution in [0.1, 0.15) is 216 Å². The lowest BCUT2D eigenvalue weighted by molar-refractivity contribution is -0.130. The van der Waals surface area contributed by atoms with Crippen LogP contribution >= 0.6 is 0 Å². The molecule has 41 heteroatoms. The zero-order valence-corrected chi connectivity index (χ0v) is 80.1. The molecule has 0 saturated carbocycles. The van der Waals surface area contributed by atoms with Crippen LogP contribution in [0.3, 0.4) is 0 Å². The van der Waals surface area contributed by atoms with Gasteiger partial charge in [-0.25, -0.2) is 19.2 Å². The van der Waals surface area contributed by atoms with E-state index in [0.717, 1.165) is 4.57 Å². The maximum absolute atomic E-state index is 13.6. The summed E-state index contributed by atoms with van der Waals surface area (Å²) in [5, 5.41) is 50.8. The van der Waals surface area contributed by atoms with Crippen molar-refractivity contribution in [2.75, 3.05) is 37.9 Å². The Labute approximate surface area is 704 Å². The molecule has 670 valence electrons. The summed E-state index contributed by atoms with van der Waals surface area (Å²) in [6.45, 7) is 54.0. The number of nitrogen functional groups attached to an aromatic ring is 2. The molecular weight excluding hydrogens is 1650 g/mol. The number of ketones is 3. The minimum atomic E-state index is -2.98. The van der Waals surface area contributed by atoms with Gasteiger partial charge in [0.15, 0.2) is 18.7 Å². The fourth-order valence-corrected chi connectivity index (χ4v) is 50.9. The number of nitrogens with zero attached hydrogens (tertiary/aromatic N) is 8. The van der Waals surface area contributed by atoms with Gasteiger partial charge < -0.3 is 94.8 Å². The van der Waals surface area contributed by atoms with Crippen molar-refractivity contribution in [2.24, 2.45) is 0 Å². The SMILES string of the molecule is CC(=O)Cc1ccn([C@@H]2O[C@@H]3CO[Si](C(C)C)(C(C)C)O[Si](C(C)C)(C(C)C)O[C@H]3C2=O)c(=O)n1.CC(=O)Cc1ccn([C@@H]2O[C@@H]3CO[Si](C(C)C)(C(C)C)O[Si](C(C)C)(C(C)C)O[C@H]3[C@H]2O)c(=O)n1.CC(C)[Si]1(C(C)C)OC[C@H]2O[C@@H](n3ccc(N)nc3=O)[C@H](O)[C@@H]2O[Si](C(C)C)(C(C)C)O1.Nc1ccn([C@@H]2O[C@H](CO)[C@@H](O)[C@H]2O)c(=O)n1. The van der Waals surface area contributed by atoms with Crippen molar-refractivity contribution >= 4 is 80.4 Å². The molecule has 0 spiro atoms. The van der Waals surface area contributed by atoms with Crippen LogP contribution in [-0.4, -0.2) is 226 Å². The maximum Gasteiger partial charge on any atom is 0.351 e. The minimum absolute atomic E-state index is 0.0537. The number of hydrogen-bond donors (Lipinski definition) is 7. The van der Waals surface area contributed by atoms with Gasteiger partial charge in [0.1, 0.15) is 90.3 Å². The van der Waals surface area contributed by atoms with Crippen molar-refractivity contribution in [3.05, 3.63) is 102 Å². The van der Waals surface area contributed by atoms with Crippen LogP contribution in [0, 0.1) is 0 Å². The molecule has 7 aliphatic heterocycles. The summed E-state index contributed by atoms with van der Waals surface area (Å²) in [5.41, 5.74) is 10.9. The van der Waals surface area contributed by atoms with E-state index in [2.05, 4.69) is 186 Å². The Bertz CT molecular complexity index is 4310. The summed E-state index contributed by atoms with van der Waals surface area (Å²) >= 11 is 0. The molecule has 7 fully saturated rings. The Balaban J connectivity index is 0.000000203. The van der Waals surface area contributed by atoms with Crippen LogP contribution < -0.4 is 34.2 Å². The second kappa shape index (κ2) is 39.9. The molecule has 0 aliphatic carbocycles. The highest BCUT2D eigenvalue weighted by molar-refractivity contribution is 6.85. The topological polar surface area (TPSA) is 464 Å². The standard InChI is InChI=1S/C24H42N2O7Si2.C24H40N2O7Si2.C21H39N3O6Si2.C9H13N3O5/c2*1-14(2)34(15(3)4)30-13-20-22(32-35(33-34,16(5)6)17(7)8)21(28)23(31-20)26-11-10-19(12-18(9)27)25-24(26)29;1-12(2)31(13(3)4)27-11-16-19(29-32(30-31,14(5)6)15(7)8)18(25)20(28-16)24-10-9-17(22)23-21(24)26;10-5-1-2-12(9(16)11-5)8-7(15)6(14)4(3-13)17-8/h10-11,14-17,20-23,28H,12-13H2,1-9H3;10-11,14-17,20,22-23H,12-13H2,1-9H3;9-10,12-16,18-20,25H,11H2,1-8H3,(H2,22,23,26);1-2,4,6-8,13-15H,3H2,(H2,10,11,16)/t20-,21-,22-,23-;20-,22-,23-;16-,18-,19-,20-;4-,6-,7-,8-/m1111/s1. The molecule has 4 aromatic rings. The Morgan fingerprint density at radius 3 is 0.983 bits per heavy atom. The van der Waals surface area contributed by atoms with Crippen LogP contribution in [0.2, 0.25) is 66.5 Å². The molecule has 0 aromatic carbocycles. The molecule has 9 N–H and O–H groups in total. The number of aromatic nitrogens is 8. The first-order chi connectivity index (χ1) is 55.4. The molecule has 0 unspecified atom stereocenters. The summed E-state index contributed by atoms with van der Waals surface area (Å²) in [4.78, 5) is 101. The Morgan fingerprint density at radius 2 is 0.689 bits per heavy atom. The van der Waals surface area contributed by atoms with Gasteiger partial charge in [0.05, 0.1) is 37.8 Å². The molecule has 11 rings (SSSR count). The zero-order chi connectivity index (χ0) is 89.2. The number of fused-ring (bicyclic) bond motifs is 3. The molecule has 7 aliphatic rings. The summed E-state index contributed by atoms with van der Waals surface area (Å²) < 4.78 is 90.3. The molecule has 0 bridgehead atoms. The van der Waals surface area contributed by atoms with Crippen molar-refractivity contribution in [1.29, 1.82) is 0 Å². The highest BCUT2D eigenvalue weighted by Gasteiger charge is 2.66. The minimum Gasteiger partial charge on any atom is -0.414 e. The number of rotatable bonds is 21. The normalized spacial score (nSPS) is 28.9. The van der Waals surface area contributed by atoms with Crippen molar-refractivity contribution in [1.82, 2.24) is 38.2 Å². The number of aliphatic hydroxyl groups is 5. The molecule has 119 heavy (non-hydrogen) atoms.